The Labute approximate surface area is 112 Å². The van der Waals surface area contributed by atoms with Gasteiger partial charge in [0.1, 0.15) is 11.8 Å². The van der Waals surface area contributed by atoms with Crippen LogP contribution in [0.2, 0.25) is 0 Å². The fraction of sp³-hybridized carbons (Fsp3) is 0.429. The maximum absolute atomic E-state index is 12.1. The van der Waals surface area contributed by atoms with Gasteiger partial charge in [-0.3, -0.25) is 4.79 Å². The molecule has 0 aliphatic heterocycles. The number of aryl methyl sites for hydroxylation is 1. The first-order valence-electron chi connectivity index (χ1n) is 6.05. The van der Waals surface area contributed by atoms with Gasteiger partial charge in [-0.15, -0.1) is 0 Å². The van der Waals surface area contributed by atoms with Crippen molar-refractivity contribution in [1.29, 1.82) is 0 Å². The lowest BCUT2D eigenvalue weighted by molar-refractivity contribution is -0.140. The van der Waals surface area contributed by atoms with E-state index in [0.29, 0.717) is 11.3 Å². The number of carboxylic acid groups (broad SMARTS) is 1. The molecule has 0 aromatic heterocycles. The second-order valence-corrected chi connectivity index (χ2v) is 4.74. The third-order valence-corrected chi connectivity index (χ3v) is 2.82. The molecule has 1 rings (SSSR count). The summed E-state index contributed by atoms with van der Waals surface area (Å²) in [6, 6.07) is 4.27. The van der Waals surface area contributed by atoms with E-state index in [2.05, 4.69) is 5.32 Å². The first-order chi connectivity index (χ1) is 8.86. The van der Waals surface area contributed by atoms with Crippen LogP contribution in [0.5, 0.6) is 5.75 Å². The highest BCUT2D eigenvalue weighted by atomic mass is 16.5. The van der Waals surface area contributed by atoms with Crippen LogP contribution in [0.1, 0.15) is 29.8 Å². The highest BCUT2D eigenvalue weighted by Crippen LogP contribution is 2.20. The molecule has 0 aliphatic carbocycles. The van der Waals surface area contributed by atoms with Crippen LogP contribution in [-0.2, 0) is 4.79 Å². The summed E-state index contributed by atoms with van der Waals surface area (Å²) in [4.78, 5) is 23.2. The summed E-state index contributed by atoms with van der Waals surface area (Å²) in [7, 11) is 1.47. The van der Waals surface area contributed by atoms with Crippen LogP contribution in [-0.4, -0.2) is 30.1 Å². The highest BCUT2D eigenvalue weighted by molar-refractivity contribution is 5.99. The molecule has 0 radical (unpaired) electrons. The number of carboxylic acids is 1. The number of hydrogen-bond acceptors (Lipinski definition) is 3. The Kier molecular flexibility index (Phi) is 4.92. The van der Waals surface area contributed by atoms with Crippen molar-refractivity contribution in [3.8, 4) is 5.75 Å². The van der Waals surface area contributed by atoms with E-state index < -0.39 is 17.9 Å². The quantitative estimate of drug-likeness (QED) is 0.851. The number of rotatable bonds is 5. The summed E-state index contributed by atoms with van der Waals surface area (Å²) in [5, 5.41) is 11.6. The van der Waals surface area contributed by atoms with E-state index in [-0.39, 0.29) is 5.92 Å². The Balaban J connectivity index is 3.00. The number of ether oxygens (including phenoxy) is 1. The Morgan fingerprint density at radius 1 is 1.32 bits per heavy atom. The van der Waals surface area contributed by atoms with Crippen molar-refractivity contribution in [2.45, 2.75) is 26.8 Å². The summed E-state index contributed by atoms with van der Waals surface area (Å²) in [5.41, 5.74) is 1.25. The van der Waals surface area contributed by atoms with Crippen molar-refractivity contribution in [2.75, 3.05) is 7.11 Å². The van der Waals surface area contributed by atoms with Gasteiger partial charge < -0.3 is 15.2 Å². The highest BCUT2D eigenvalue weighted by Gasteiger charge is 2.25. The zero-order valence-corrected chi connectivity index (χ0v) is 11.6. The van der Waals surface area contributed by atoms with Gasteiger partial charge in [-0.2, -0.15) is 0 Å². The fourth-order valence-electron chi connectivity index (χ4n) is 1.73. The van der Waals surface area contributed by atoms with E-state index >= 15 is 0 Å². The summed E-state index contributed by atoms with van der Waals surface area (Å²) < 4.78 is 5.12. The van der Waals surface area contributed by atoms with Crippen molar-refractivity contribution in [2.24, 2.45) is 5.92 Å². The Bertz CT molecular complexity index is 482. The van der Waals surface area contributed by atoms with Crippen molar-refractivity contribution in [3.63, 3.8) is 0 Å². The molecule has 19 heavy (non-hydrogen) atoms. The molecule has 0 aliphatic rings. The molecule has 0 unspecified atom stereocenters. The van der Waals surface area contributed by atoms with E-state index in [0.717, 1.165) is 5.56 Å². The van der Waals surface area contributed by atoms with Gasteiger partial charge in [0, 0.05) is 0 Å². The summed E-state index contributed by atoms with van der Waals surface area (Å²) in [6.45, 7) is 5.34. The van der Waals surface area contributed by atoms with Crippen LogP contribution < -0.4 is 10.1 Å². The van der Waals surface area contributed by atoms with Crippen molar-refractivity contribution < 1.29 is 19.4 Å². The molecule has 1 aromatic carbocycles. The zero-order valence-electron chi connectivity index (χ0n) is 11.6. The van der Waals surface area contributed by atoms with Crippen molar-refractivity contribution in [3.05, 3.63) is 29.3 Å². The molecule has 0 spiro atoms. The van der Waals surface area contributed by atoms with E-state index in [1.165, 1.54) is 7.11 Å². The van der Waals surface area contributed by atoms with Crippen LogP contribution in [0.25, 0.3) is 0 Å². The second kappa shape index (κ2) is 6.22. The maximum atomic E-state index is 12.1. The minimum atomic E-state index is -1.05. The molecule has 2 N–H and O–H groups in total. The molecule has 1 atom stereocenters. The molecule has 1 aromatic rings. The predicted octanol–water partition coefficient (Wildman–Crippen LogP) is 1.84. The van der Waals surface area contributed by atoms with Crippen LogP contribution in [0.3, 0.4) is 0 Å². The molecule has 0 fully saturated rings. The largest absolute Gasteiger partial charge is 0.496 e. The van der Waals surface area contributed by atoms with Crippen LogP contribution >= 0.6 is 0 Å². The van der Waals surface area contributed by atoms with Gasteiger partial charge in [0.2, 0.25) is 0 Å². The van der Waals surface area contributed by atoms with Gasteiger partial charge in [-0.1, -0.05) is 25.5 Å². The monoisotopic (exact) mass is 265 g/mol. The van der Waals surface area contributed by atoms with Crippen molar-refractivity contribution >= 4 is 11.9 Å². The average Bonchev–Trinajstić information content (AvgIpc) is 2.34. The van der Waals surface area contributed by atoms with Gasteiger partial charge >= 0.3 is 5.97 Å². The molecule has 5 nitrogen and oxygen atoms in total. The maximum Gasteiger partial charge on any atom is 0.326 e. The summed E-state index contributed by atoms with van der Waals surface area (Å²) >= 11 is 0. The SMILES string of the molecule is COc1ccc(C)cc1C(=O)N[C@H](C(=O)O)C(C)C. The minimum absolute atomic E-state index is 0.197. The molecule has 5 heteroatoms. The summed E-state index contributed by atoms with van der Waals surface area (Å²) in [5.74, 6) is -1.26. The first kappa shape index (κ1) is 15.0. The Hall–Kier alpha value is -2.04. The number of aliphatic carboxylic acids is 1. The molecule has 104 valence electrons. The average molecular weight is 265 g/mol. The third kappa shape index (κ3) is 3.71. The smallest absolute Gasteiger partial charge is 0.326 e. The topological polar surface area (TPSA) is 75.6 Å². The van der Waals surface area contributed by atoms with Crippen LogP contribution in [0, 0.1) is 12.8 Å². The number of nitrogens with one attached hydrogen (secondary N) is 1. The van der Waals surface area contributed by atoms with Gasteiger partial charge in [0.25, 0.3) is 5.91 Å². The number of carbonyl (C=O) groups is 2. The lowest BCUT2D eigenvalue weighted by atomic mass is 10.0. The van der Waals surface area contributed by atoms with E-state index in [1.807, 2.05) is 13.0 Å². The number of amides is 1. The lowest BCUT2D eigenvalue weighted by Crippen LogP contribution is -2.44. The number of hydrogen-bond donors (Lipinski definition) is 2. The standard InChI is InChI=1S/C14H19NO4/c1-8(2)12(14(17)18)15-13(16)10-7-9(3)5-6-11(10)19-4/h5-8,12H,1-4H3,(H,15,16)(H,17,18)/t12-/m0/s1. The first-order valence-corrected chi connectivity index (χ1v) is 6.05. The number of benzene rings is 1. The van der Waals surface area contributed by atoms with E-state index in [1.54, 1.807) is 26.0 Å². The summed E-state index contributed by atoms with van der Waals surface area (Å²) in [6.07, 6.45) is 0. The molecular weight excluding hydrogens is 246 g/mol. The molecule has 0 heterocycles. The molecule has 0 saturated carbocycles. The second-order valence-electron chi connectivity index (χ2n) is 4.74. The van der Waals surface area contributed by atoms with E-state index in [4.69, 9.17) is 9.84 Å². The predicted molar refractivity (Wildman–Crippen MR) is 71.5 cm³/mol. The number of carbonyl (C=O) groups excluding carboxylic acids is 1. The minimum Gasteiger partial charge on any atom is -0.496 e. The Morgan fingerprint density at radius 3 is 2.42 bits per heavy atom. The molecular formula is C14H19NO4. The van der Waals surface area contributed by atoms with Gasteiger partial charge in [0.05, 0.1) is 12.7 Å². The molecule has 1 amide bonds. The molecule has 0 bridgehead atoms. The molecule has 0 saturated heterocycles. The zero-order chi connectivity index (χ0) is 14.6. The van der Waals surface area contributed by atoms with Crippen LogP contribution in [0.4, 0.5) is 0 Å². The van der Waals surface area contributed by atoms with E-state index in [9.17, 15) is 9.59 Å². The lowest BCUT2D eigenvalue weighted by Gasteiger charge is -2.18. The Morgan fingerprint density at radius 2 is 1.95 bits per heavy atom. The number of methoxy groups -OCH3 is 1. The van der Waals surface area contributed by atoms with Crippen LogP contribution in [0.15, 0.2) is 18.2 Å². The van der Waals surface area contributed by atoms with Crippen molar-refractivity contribution in [1.82, 2.24) is 5.32 Å². The third-order valence-electron chi connectivity index (χ3n) is 2.82. The van der Waals surface area contributed by atoms with Gasteiger partial charge in [-0.05, 0) is 25.0 Å². The normalized spacial score (nSPS) is 12.1. The van der Waals surface area contributed by atoms with Gasteiger partial charge in [-0.25, -0.2) is 4.79 Å². The fourth-order valence-corrected chi connectivity index (χ4v) is 1.73. The van der Waals surface area contributed by atoms with Gasteiger partial charge in [0.15, 0.2) is 0 Å².